The monoisotopic (exact) mass is 228 g/mol. The summed E-state index contributed by atoms with van der Waals surface area (Å²) in [6.45, 7) is 1.68. The van der Waals surface area contributed by atoms with E-state index in [1.165, 1.54) is 32.8 Å². The van der Waals surface area contributed by atoms with Gasteiger partial charge in [0.1, 0.15) is 0 Å². The Morgan fingerprint density at radius 3 is 2.50 bits per heavy atom. The number of nitrogens with one attached hydrogen (secondary N) is 1. The highest BCUT2D eigenvalue weighted by molar-refractivity contribution is 5.69. The summed E-state index contributed by atoms with van der Waals surface area (Å²) < 4.78 is 4.61. The first-order valence-electron chi connectivity index (χ1n) is 6.06. The van der Waals surface area contributed by atoms with Crippen molar-refractivity contribution in [1.82, 2.24) is 10.2 Å². The normalized spacial score (nSPS) is 19.0. The summed E-state index contributed by atoms with van der Waals surface area (Å²) in [5, 5.41) is 3.37. The highest BCUT2D eigenvalue weighted by atomic mass is 16.5. The van der Waals surface area contributed by atoms with Crippen LogP contribution in [0.5, 0.6) is 0 Å². The lowest BCUT2D eigenvalue weighted by Gasteiger charge is -2.36. The lowest BCUT2D eigenvalue weighted by atomic mass is 9.96. The number of carbonyl (C=O) groups is 1. The first-order valence-corrected chi connectivity index (χ1v) is 6.06. The molecule has 16 heavy (non-hydrogen) atoms. The second kappa shape index (κ2) is 6.21. The Kier molecular flexibility index (Phi) is 5.22. The van der Waals surface area contributed by atoms with E-state index in [1.54, 1.807) is 0 Å². The van der Waals surface area contributed by atoms with Crippen LogP contribution in [0.1, 0.15) is 32.1 Å². The second-order valence-electron chi connectivity index (χ2n) is 4.83. The lowest BCUT2D eigenvalue weighted by Crippen LogP contribution is -2.49. The van der Waals surface area contributed by atoms with Gasteiger partial charge in [-0.15, -0.1) is 0 Å². The van der Waals surface area contributed by atoms with Gasteiger partial charge in [-0.3, -0.25) is 4.79 Å². The zero-order chi connectivity index (χ0) is 12.0. The van der Waals surface area contributed by atoms with Crippen LogP contribution in [0.25, 0.3) is 0 Å². The molecule has 0 aromatic carbocycles. The van der Waals surface area contributed by atoms with Crippen LogP contribution in [-0.4, -0.2) is 50.7 Å². The van der Waals surface area contributed by atoms with E-state index in [4.69, 9.17) is 0 Å². The Labute approximate surface area is 98.3 Å². The van der Waals surface area contributed by atoms with Crippen LogP contribution >= 0.6 is 0 Å². The van der Waals surface area contributed by atoms with E-state index in [1.807, 2.05) is 0 Å². The first kappa shape index (κ1) is 13.5. The first-order chi connectivity index (χ1) is 7.60. The van der Waals surface area contributed by atoms with Crippen molar-refractivity contribution in [2.75, 3.05) is 34.3 Å². The molecule has 0 aromatic rings. The van der Waals surface area contributed by atoms with Gasteiger partial charge in [-0.1, -0.05) is 12.8 Å². The molecule has 0 spiro atoms. The molecule has 0 aromatic heterocycles. The quantitative estimate of drug-likeness (QED) is 0.544. The number of likely N-dealkylation sites (N-methyl/N-ethyl adjacent to an activating group) is 1. The highest BCUT2D eigenvalue weighted by Gasteiger charge is 2.35. The minimum atomic E-state index is -0.141. The van der Waals surface area contributed by atoms with Crippen molar-refractivity contribution in [3.63, 3.8) is 0 Å². The second-order valence-corrected chi connectivity index (χ2v) is 4.83. The standard InChI is InChI=1S/C12H24N2O2/c1-14(2)12(7-4-5-8-12)10-13-9-6-11(15)16-3/h13H,4-10H2,1-3H3. The van der Waals surface area contributed by atoms with Gasteiger partial charge in [0.25, 0.3) is 0 Å². The summed E-state index contributed by atoms with van der Waals surface area (Å²) in [5.74, 6) is -0.141. The van der Waals surface area contributed by atoms with Gasteiger partial charge in [-0.25, -0.2) is 0 Å². The van der Waals surface area contributed by atoms with E-state index in [2.05, 4.69) is 29.0 Å². The van der Waals surface area contributed by atoms with Gasteiger partial charge < -0.3 is 15.0 Å². The Balaban J connectivity index is 2.26. The van der Waals surface area contributed by atoms with Crippen molar-refractivity contribution in [2.45, 2.75) is 37.6 Å². The van der Waals surface area contributed by atoms with Gasteiger partial charge in [0.15, 0.2) is 0 Å². The largest absolute Gasteiger partial charge is 0.469 e. The third-order valence-electron chi connectivity index (χ3n) is 3.67. The SMILES string of the molecule is COC(=O)CCNCC1(N(C)C)CCCC1. The maximum absolute atomic E-state index is 10.9. The van der Waals surface area contributed by atoms with E-state index in [9.17, 15) is 4.79 Å². The van der Waals surface area contributed by atoms with E-state index in [-0.39, 0.29) is 5.97 Å². The van der Waals surface area contributed by atoms with E-state index < -0.39 is 0 Å². The predicted octanol–water partition coefficient (Wildman–Crippen LogP) is 1.01. The Hall–Kier alpha value is -0.610. The molecule has 0 unspecified atom stereocenters. The topological polar surface area (TPSA) is 41.6 Å². The number of esters is 1. The zero-order valence-corrected chi connectivity index (χ0v) is 10.7. The molecule has 1 aliphatic carbocycles. The fraction of sp³-hybridized carbons (Fsp3) is 0.917. The molecule has 0 bridgehead atoms. The van der Waals surface area contributed by atoms with E-state index in [0.29, 0.717) is 18.5 Å². The molecular weight excluding hydrogens is 204 g/mol. The van der Waals surface area contributed by atoms with Crippen LogP contribution in [0.3, 0.4) is 0 Å². The Morgan fingerprint density at radius 2 is 2.00 bits per heavy atom. The van der Waals surface area contributed by atoms with Gasteiger partial charge in [-0.05, 0) is 26.9 Å². The van der Waals surface area contributed by atoms with Crippen molar-refractivity contribution in [1.29, 1.82) is 0 Å². The Bertz CT molecular complexity index is 223. The molecule has 1 saturated carbocycles. The third kappa shape index (κ3) is 3.46. The molecule has 94 valence electrons. The van der Waals surface area contributed by atoms with Crippen molar-refractivity contribution in [2.24, 2.45) is 0 Å². The minimum absolute atomic E-state index is 0.141. The summed E-state index contributed by atoms with van der Waals surface area (Å²) in [7, 11) is 5.72. The number of rotatable bonds is 6. The van der Waals surface area contributed by atoms with Crippen LogP contribution in [0, 0.1) is 0 Å². The van der Waals surface area contributed by atoms with Crippen molar-refractivity contribution in [3.8, 4) is 0 Å². The van der Waals surface area contributed by atoms with Gasteiger partial charge in [-0.2, -0.15) is 0 Å². The molecule has 0 saturated heterocycles. The smallest absolute Gasteiger partial charge is 0.306 e. The van der Waals surface area contributed by atoms with E-state index in [0.717, 1.165) is 6.54 Å². The van der Waals surface area contributed by atoms with Crippen molar-refractivity contribution < 1.29 is 9.53 Å². The zero-order valence-electron chi connectivity index (χ0n) is 10.7. The number of hydrogen-bond acceptors (Lipinski definition) is 4. The highest BCUT2D eigenvalue weighted by Crippen LogP contribution is 2.32. The fourth-order valence-corrected chi connectivity index (χ4v) is 2.43. The lowest BCUT2D eigenvalue weighted by molar-refractivity contribution is -0.140. The molecule has 1 rings (SSSR count). The maximum atomic E-state index is 10.9. The molecule has 1 N–H and O–H groups in total. The molecule has 4 heteroatoms. The van der Waals surface area contributed by atoms with Crippen LogP contribution in [0.4, 0.5) is 0 Å². The van der Waals surface area contributed by atoms with Gasteiger partial charge in [0.2, 0.25) is 0 Å². The van der Waals surface area contributed by atoms with Crippen molar-refractivity contribution >= 4 is 5.97 Å². The van der Waals surface area contributed by atoms with Crippen LogP contribution in [0.2, 0.25) is 0 Å². The summed E-state index contributed by atoms with van der Waals surface area (Å²) in [4.78, 5) is 13.3. The maximum Gasteiger partial charge on any atom is 0.306 e. The Morgan fingerprint density at radius 1 is 1.38 bits per heavy atom. The van der Waals surface area contributed by atoms with Crippen molar-refractivity contribution in [3.05, 3.63) is 0 Å². The molecule has 1 fully saturated rings. The third-order valence-corrected chi connectivity index (χ3v) is 3.67. The number of methoxy groups -OCH3 is 1. The van der Waals surface area contributed by atoms with Crippen LogP contribution in [-0.2, 0) is 9.53 Å². The molecule has 0 atom stereocenters. The molecule has 0 radical (unpaired) electrons. The fourth-order valence-electron chi connectivity index (χ4n) is 2.43. The average Bonchev–Trinajstić information content (AvgIpc) is 2.74. The van der Waals surface area contributed by atoms with Gasteiger partial charge >= 0.3 is 5.97 Å². The van der Waals surface area contributed by atoms with Crippen LogP contribution < -0.4 is 5.32 Å². The number of hydrogen-bond donors (Lipinski definition) is 1. The number of ether oxygens (including phenoxy) is 1. The summed E-state index contributed by atoms with van der Waals surface area (Å²) in [5.41, 5.74) is 0.302. The van der Waals surface area contributed by atoms with Crippen LogP contribution in [0.15, 0.2) is 0 Å². The number of carbonyl (C=O) groups excluding carboxylic acids is 1. The summed E-state index contributed by atoms with van der Waals surface area (Å²) >= 11 is 0. The molecule has 0 aliphatic heterocycles. The summed E-state index contributed by atoms with van der Waals surface area (Å²) in [6.07, 6.45) is 5.60. The van der Waals surface area contributed by atoms with Gasteiger partial charge in [0.05, 0.1) is 13.5 Å². The molecule has 0 heterocycles. The molecule has 1 aliphatic rings. The molecular formula is C12H24N2O2. The molecule has 0 amide bonds. The average molecular weight is 228 g/mol. The summed E-state index contributed by atoms with van der Waals surface area (Å²) in [6, 6.07) is 0. The predicted molar refractivity (Wildman–Crippen MR) is 64.4 cm³/mol. The minimum Gasteiger partial charge on any atom is -0.469 e. The molecule has 4 nitrogen and oxygen atoms in total. The van der Waals surface area contributed by atoms with E-state index >= 15 is 0 Å². The van der Waals surface area contributed by atoms with Gasteiger partial charge in [0, 0.05) is 18.6 Å². The number of nitrogens with zero attached hydrogens (tertiary/aromatic N) is 1.